The van der Waals surface area contributed by atoms with Crippen LogP contribution in [0.25, 0.3) is 0 Å². The molecular weight excluding hydrogens is 707 g/mol. The highest BCUT2D eigenvalue weighted by Gasteiger charge is 2.38. The first-order valence-electron chi connectivity index (χ1n) is 24.0. The smallest absolute Gasteiger partial charge is 0.321 e. The van der Waals surface area contributed by atoms with Crippen LogP contribution in [0.2, 0.25) is 0 Å². The summed E-state index contributed by atoms with van der Waals surface area (Å²) in [5.41, 5.74) is 0. The standard InChI is InChI=1S/C47H89NO8/c1-4-7-10-13-16-17-18-23-31-38-54-44(49)34-29-24-30-37-48-40-42(39-43(48)47(52)53)56-46(51)36-28-22-21-27-35-45(50)55-41(32-25-19-14-11-8-5-2)33-26-20-15-12-9-6-3/h41-44,49H,4-40H2,1-3H3,(H,52,53)/t42?,43-,44?/m0/s1. The van der Waals surface area contributed by atoms with Gasteiger partial charge in [-0.2, -0.15) is 0 Å². The van der Waals surface area contributed by atoms with E-state index in [4.69, 9.17) is 14.2 Å². The van der Waals surface area contributed by atoms with E-state index < -0.39 is 24.4 Å². The average molecular weight is 796 g/mol. The van der Waals surface area contributed by atoms with Crippen molar-refractivity contribution in [3.8, 4) is 0 Å². The lowest BCUT2D eigenvalue weighted by atomic mass is 10.0. The first-order chi connectivity index (χ1) is 27.3. The van der Waals surface area contributed by atoms with Crippen molar-refractivity contribution in [1.82, 2.24) is 4.90 Å². The zero-order valence-corrected chi connectivity index (χ0v) is 36.8. The van der Waals surface area contributed by atoms with Crippen LogP contribution < -0.4 is 0 Å². The van der Waals surface area contributed by atoms with Crippen molar-refractivity contribution in [1.29, 1.82) is 0 Å². The number of hydrogen-bond donors (Lipinski definition) is 2. The summed E-state index contributed by atoms with van der Waals surface area (Å²) in [6, 6.07) is -0.644. The van der Waals surface area contributed by atoms with Crippen molar-refractivity contribution in [3.63, 3.8) is 0 Å². The fourth-order valence-electron chi connectivity index (χ4n) is 7.93. The van der Waals surface area contributed by atoms with Crippen molar-refractivity contribution in [2.45, 2.75) is 264 Å². The number of carbonyl (C=O) groups is 3. The Bertz CT molecular complexity index is 916. The number of aliphatic hydroxyl groups is 1. The van der Waals surface area contributed by atoms with E-state index in [1.54, 1.807) is 0 Å². The quantitative estimate of drug-likeness (QED) is 0.0354. The number of esters is 2. The van der Waals surface area contributed by atoms with Gasteiger partial charge in [-0.3, -0.25) is 19.3 Å². The Labute approximate surface area is 344 Å². The van der Waals surface area contributed by atoms with E-state index in [1.807, 2.05) is 4.90 Å². The van der Waals surface area contributed by atoms with E-state index in [9.17, 15) is 24.6 Å². The van der Waals surface area contributed by atoms with Gasteiger partial charge in [0.1, 0.15) is 18.2 Å². The number of unbranched alkanes of at least 4 members (excludes halogenated alkanes) is 23. The van der Waals surface area contributed by atoms with E-state index in [0.717, 1.165) is 77.0 Å². The molecule has 56 heavy (non-hydrogen) atoms. The van der Waals surface area contributed by atoms with Crippen LogP contribution in [-0.2, 0) is 28.6 Å². The van der Waals surface area contributed by atoms with Crippen LogP contribution in [0.5, 0.6) is 0 Å². The summed E-state index contributed by atoms with van der Waals surface area (Å²) >= 11 is 0. The molecule has 0 aliphatic carbocycles. The van der Waals surface area contributed by atoms with Crippen LogP contribution in [0.15, 0.2) is 0 Å². The van der Waals surface area contributed by atoms with Gasteiger partial charge in [0, 0.05) is 32.4 Å². The molecule has 1 aliphatic heterocycles. The molecule has 2 N–H and O–H groups in total. The molecule has 330 valence electrons. The van der Waals surface area contributed by atoms with Gasteiger partial charge < -0.3 is 24.4 Å². The van der Waals surface area contributed by atoms with Crippen molar-refractivity contribution in [2.75, 3.05) is 19.7 Å². The van der Waals surface area contributed by atoms with Gasteiger partial charge in [-0.15, -0.1) is 0 Å². The number of ether oxygens (including phenoxy) is 3. The minimum Gasteiger partial charge on any atom is -0.480 e. The second-order valence-corrected chi connectivity index (χ2v) is 16.8. The summed E-state index contributed by atoms with van der Waals surface area (Å²) < 4.78 is 17.3. The van der Waals surface area contributed by atoms with Gasteiger partial charge in [-0.1, -0.05) is 156 Å². The molecule has 1 fully saturated rings. The van der Waals surface area contributed by atoms with Gasteiger partial charge in [0.2, 0.25) is 0 Å². The van der Waals surface area contributed by atoms with E-state index in [2.05, 4.69) is 20.8 Å². The molecule has 0 aromatic carbocycles. The monoisotopic (exact) mass is 796 g/mol. The second-order valence-electron chi connectivity index (χ2n) is 16.8. The topological polar surface area (TPSA) is 123 Å². The molecule has 0 saturated carbocycles. The molecule has 3 atom stereocenters. The molecule has 1 rings (SSSR count). The van der Waals surface area contributed by atoms with E-state index in [-0.39, 0.29) is 18.0 Å². The highest BCUT2D eigenvalue weighted by molar-refractivity contribution is 5.74. The minimum atomic E-state index is -0.876. The van der Waals surface area contributed by atoms with Crippen molar-refractivity contribution < 1.29 is 38.8 Å². The fraction of sp³-hybridized carbons (Fsp3) is 0.936. The Hall–Kier alpha value is -1.71. The maximum atomic E-state index is 12.7. The Morgan fingerprint density at radius 3 is 1.55 bits per heavy atom. The van der Waals surface area contributed by atoms with Crippen LogP contribution in [0.4, 0.5) is 0 Å². The molecule has 1 aliphatic rings. The Morgan fingerprint density at radius 2 is 1.02 bits per heavy atom. The molecule has 0 aromatic heterocycles. The zero-order chi connectivity index (χ0) is 40.9. The molecule has 0 bridgehead atoms. The van der Waals surface area contributed by atoms with Crippen LogP contribution in [-0.4, -0.2) is 77.3 Å². The van der Waals surface area contributed by atoms with Crippen molar-refractivity contribution in [3.05, 3.63) is 0 Å². The number of hydrogen-bond acceptors (Lipinski definition) is 8. The van der Waals surface area contributed by atoms with Gasteiger partial charge >= 0.3 is 17.9 Å². The van der Waals surface area contributed by atoms with Crippen LogP contribution >= 0.6 is 0 Å². The second kappa shape index (κ2) is 37.6. The van der Waals surface area contributed by atoms with E-state index in [0.29, 0.717) is 51.8 Å². The highest BCUT2D eigenvalue weighted by atomic mass is 16.6. The first kappa shape index (κ1) is 52.3. The van der Waals surface area contributed by atoms with Crippen molar-refractivity contribution >= 4 is 17.9 Å². The summed E-state index contributed by atoms with van der Waals surface area (Å²) in [6.45, 7) is 8.38. The molecule has 0 aromatic rings. The number of aliphatic hydroxyl groups excluding tert-OH is 1. The lowest BCUT2D eigenvalue weighted by molar-refractivity contribution is -0.150. The molecule has 0 radical (unpaired) electrons. The molecular formula is C47H89NO8. The Morgan fingerprint density at radius 1 is 0.571 bits per heavy atom. The molecule has 0 amide bonds. The van der Waals surface area contributed by atoms with Crippen LogP contribution in [0.3, 0.4) is 0 Å². The lowest BCUT2D eigenvalue weighted by Crippen LogP contribution is -2.36. The fourth-order valence-corrected chi connectivity index (χ4v) is 7.93. The van der Waals surface area contributed by atoms with Gasteiger partial charge in [0.25, 0.3) is 0 Å². The summed E-state index contributed by atoms with van der Waals surface area (Å²) in [6.07, 6.45) is 34.4. The third-order valence-electron chi connectivity index (χ3n) is 11.5. The van der Waals surface area contributed by atoms with Crippen LogP contribution in [0, 0.1) is 0 Å². The number of carboxylic acids is 1. The number of rotatable bonds is 41. The number of carboxylic acid groups (broad SMARTS) is 1. The van der Waals surface area contributed by atoms with E-state index in [1.165, 1.54) is 109 Å². The SMILES string of the molecule is CCCCCCCCCCCOC(O)CCCCCN1CC(OC(=O)CCCCCCC(=O)OC(CCCCCCCC)CCCCCCCC)C[C@H]1C(=O)O. The van der Waals surface area contributed by atoms with Gasteiger partial charge in [0.05, 0.1) is 0 Å². The third-order valence-corrected chi connectivity index (χ3v) is 11.5. The predicted molar refractivity (Wildman–Crippen MR) is 229 cm³/mol. The highest BCUT2D eigenvalue weighted by Crippen LogP contribution is 2.23. The normalized spacial score (nSPS) is 16.4. The lowest BCUT2D eigenvalue weighted by Gasteiger charge is -2.20. The van der Waals surface area contributed by atoms with E-state index >= 15 is 0 Å². The number of aliphatic carboxylic acids is 1. The molecule has 9 nitrogen and oxygen atoms in total. The number of carbonyl (C=O) groups excluding carboxylic acids is 2. The van der Waals surface area contributed by atoms with Crippen LogP contribution in [0.1, 0.15) is 239 Å². The summed E-state index contributed by atoms with van der Waals surface area (Å²) in [5.74, 6) is -1.24. The molecule has 1 heterocycles. The Balaban J connectivity index is 2.19. The summed E-state index contributed by atoms with van der Waals surface area (Å²) in [4.78, 5) is 39.2. The molecule has 2 unspecified atom stereocenters. The number of nitrogens with zero attached hydrogens (tertiary/aromatic N) is 1. The maximum Gasteiger partial charge on any atom is 0.321 e. The average Bonchev–Trinajstić information content (AvgIpc) is 3.58. The minimum absolute atomic E-state index is 0.0416. The maximum absolute atomic E-state index is 12.7. The summed E-state index contributed by atoms with van der Waals surface area (Å²) in [5, 5.41) is 20.0. The Kier molecular flexibility index (Phi) is 35.1. The van der Waals surface area contributed by atoms with Gasteiger partial charge in [0.15, 0.2) is 6.29 Å². The summed E-state index contributed by atoms with van der Waals surface area (Å²) in [7, 11) is 0. The number of likely N-dealkylation sites (tertiary alicyclic amines) is 1. The predicted octanol–water partition coefficient (Wildman–Crippen LogP) is 12.2. The van der Waals surface area contributed by atoms with Gasteiger partial charge in [-0.05, 0) is 70.8 Å². The largest absolute Gasteiger partial charge is 0.480 e. The molecule has 1 saturated heterocycles. The van der Waals surface area contributed by atoms with Crippen molar-refractivity contribution in [2.24, 2.45) is 0 Å². The first-order valence-corrected chi connectivity index (χ1v) is 24.0. The zero-order valence-electron chi connectivity index (χ0n) is 36.8. The van der Waals surface area contributed by atoms with Gasteiger partial charge in [-0.25, -0.2) is 0 Å². The molecule has 9 heteroatoms. The third kappa shape index (κ3) is 30.4. The molecule has 0 spiro atoms.